The van der Waals surface area contributed by atoms with Crippen molar-refractivity contribution in [1.82, 2.24) is 4.31 Å². The molecule has 3 nitrogen and oxygen atoms in total. The molecule has 2 atom stereocenters. The Hall–Kier alpha value is -0.870. The normalized spacial score (nSPS) is 27.9. The smallest absolute Gasteiger partial charge is 0.207 e. The van der Waals surface area contributed by atoms with Gasteiger partial charge in [-0.15, -0.1) is 0 Å². The molecule has 0 N–H and O–H groups in total. The molecule has 1 heterocycles. The van der Waals surface area contributed by atoms with Gasteiger partial charge in [-0.25, -0.2) is 8.42 Å². The lowest BCUT2D eigenvalue weighted by atomic mass is 9.84. The van der Waals surface area contributed by atoms with E-state index in [9.17, 15) is 8.42 Å². The summed E-state index contributed by atoms with van der Waals surface area (Å²) >= 11 is 0. The molecule has 4 heteroatoms. The van der Waals surface area contributed by atoms with Crippen LogP contribution in [-0.2, 0) is 10.0 Å². The van der Waals surface area contributed by atoms with Crippen LogP contribution in [0.5, 0.6) is 0 Å². The van der Waals surface area contributed by atoms with Gasteiger partial charge in [-0.05, 0) is 54.7 Å². The van der Waals surface area contributed by atoms with Crippen LogP contribution in [0.15, 0.2) is 29.2 Å². The van der Waals surface area contributed by atoms with Gasteiger partial charge in [0.2, 0.25) is 10.0 Å². The number of rotatable bonds is 3. The van der Waals surface area contributed by atoms with Crippen molar-refractivity contribution in [2.24, 2.45) is 11.8 Å². The Morgan fingerprint density at radius 3 is 2.04 bits per heavy atom. The van der Waals surface area contributed by atoms with Crippen molar-refractivity contribution in [3.63, 3.8) is 0 Å². The summed E-state index contributed by atoms with van der Waals surface area (Å²) in [6.45, 7) is 5.59. The summed E-state index contributed by atoms with van der Waals surface area (Å²) in [5, 5.41) is 0. The van der Waals surface area contributed by atoms with Gasteiger partial charge in [0, 0.05) is 13.1 Å². The quantitative estimate of drug-likeness (QED) is 0.821. The average molecular weight is 336 g/mol. The van der Waals surface area contributed by atoms with E-state index >= 15 is 0 Å². The number of nitrogens with zero attached hydrogens (tertiary/aromatic N) is 1. The molecule has 2 aliphatic rings. The molecule has 1 aromatic carbocycles. The minimum atomic E-state index is -3.34. The van der Waals surface area contributed by atoms with Gasteiger partial charge in [0.25, 0.3) is 0 Å². The van der Waals surface area contributed by atoms with Gasteiger partial charge in [-0.2, -0.15) is 4.31 Å². The Labute approximate surface area is 141 Å². The number of sulfonamides is 1. The van der Waals surface area contributed by atoms with E-state index in [4.69, 9.17) is 0 Å². The molecule has 1 aromatic rings. The number of benzene rings is 1. The maximum atomic E-state index is 12.9. The van der Waals surface area contributed by atoms with Gasteiger partial charge >= 0.3 is 0 Å². The monoisotopic (exact) mass is 335 g/mol. The highest BCUT2D eigenvalue weighted by Crippen LogP contribution is 2.33. The summed E-state index contributed by atoms with van der Waals surface area (Å²) in [7, 11) is -3.34. The third-order valence-electron chi connectivity index (χ3n) is 5.43. The minimum absolute atomic E-state index is 0.440. The van der Waals surface area contributed by atoms with Crippen LogP contribution >= 0.6 is 0 Å². The zero-order chi connectivity index (χ0) is 16.4. The van der Waals surface area contributed by atoms with Crippen molar-refractivity contribution in [2.45, 2.75) is 63.2 Å². The van der Waals surface area contributed by atoms with Crippen LogP contribution in [0.2, 0.25) is 0 Å². The summed E-state index contributed by atoms with van der Waals surface area (Å²) in [5.74, 6) is 1.50. The second kappa shape index (κ2) is 6.94. The average Bonchev–Trinajstić information content (AvgIpc) is 2.55. The second-order valence-corrected chi connectivity index (χ2v) is 9.61. The van der Waals surface area contributed by atoms with Crippen LogP contribution in [0.4, 0.5) is 0 Å². The zero-order valence-corrected chi connectivity index (χ0v) is 15.2. The zero-order valence-electron chi connectivity index (χ0n) is 14.4. The van der Waals surface area contributed by atoms with Crippen LogP contribution < -0.4 is 0 Å². The van der Waals surface area contributed by atoms with Gasteiger partial charge < -0.3 is 0 Å². The van der Waals surface area contributed by atoms with Crippen molar-refractivity contribution in [3.05, 3.63) is 29.8 Å². The number of hydrogen-bond acceptors (Lipinski definition) is 2. The van der Waals surface area contributed by atoms with Crippen molar-refractivity contribution < 1.29 is 8.42 Å². The molecule has 1 aliphatic carbocycles. The first-order valence-electron chi connectivity index (χ1n) is 9.07. The van der Waals surface area contributed by atoms with E-state index < -0.39 is 10.0 Å². The molecule has 0 aromatic heterocycles. The molecule has 0 amide bonds. The van der Waals surface area contributed by atoms with Gasteiger partial charge in [0.05, 0.1) is 4.90 Å². The standard InChI is InChI=1S/C19H29NO2S/c1-15-12-16(2)14-20(13-15)23(21,22)19-10-8-18(9-11-19)17-6-4-3-5-7-17/h8-11,15-17H,3-7,12-14H2,1-2H3/t15-,16+. The fourth-order valence-corrected chi connectivity index (χ4v) is 5.98. The fourth-order valence-electron chi connectivity index (χ4n) is 4.30. The van der Waals surface area contributed by atoms with E-state index in [1.54, 1.807) is 4.31 Å². The van der Waals surface area contributed by atoms with E-state index in [0.717, 1.165) is 6.42 Å². The Morgan fingerprint density at radius 2 is 1.48 bits per heavy atom. The topological polar surface area (TPSA) is 37.4 Å². The first kappa shape index (κ1) is 17.0. The lowest BCUT2D eigenvalue weighted by molar-refractivity contribution is 0.222. The van der Waals surface area contributed by atoms with Crippen LogP contribution in [0, 0.1) is 11.8 Å². The predicted octanol–water partition coefficient (Wildman–Crippen LogP) is 4.40. The lowest BCUT2D eigenvalue weighted by Gasteiger charge is -2.34. The van der Waals surface area contributed by atoms with Gasteiger partial charge in [0.15, 0.2) is 0 Å². The summed E-state index contributed by atoms with van der Waals surface area (Å²) in [6, 6.07) is 7.73. The number of piperidine rings is 1. The van der Waals surface area contributed by atoms with E-state index in [0.29, 0.717) is 35.7 Å². The van der Waals surface area contributed by atoms with Crippen molar-refractivity contribution in [2.75, 3.05) is 13.1 Å². The highest BCUT2D eigenvalue weighted by Gasteiger charge is 2.31. The maximum Gasteiger partial charge on any atom is 0.243 e. The number of hydrogen-bond donors (Lipinski definition) is 0. The third-order valence-corrected chi connectivity index (χ3v) is 7.28. The lowest BCUT2D eigenvalue weighted by Crippen LogP contribution is -2.42. The molecule has 0 spiro atoms. The van der Waals surface area contributed by atoms with Crippen molar-refractivity contribution >= 4 is 10.0 Å². The predicted molar refractivity (Wildman–Crippen MR) is 94.0 cm³/mol. The van der Waals surface area contributed by atoms with Crippen LogP contribution in [0.3, 0.4) is 0 Å². The third kappa shape index (κ3) is 3.80. The summed E-state index contributed by atoms with van der Waals surface area (Å²) in [4.78, 5) is 0.457. The Bertz CT molecular complexity index is 607. The summed E-state index contributed by atoms with van der Waals surface area (Å²) in [5.41, 5.74) is 1.31. The summed E-state index contributed by atoms with van der Waals surface area (Å²) < 4.78 is 27.5. The molecule has 1 saturated heterocycles. The van der Waals surface area contributed by atoms with Crippen LogP contribution in [0.25, 0.3) is 0 Å². The molecule has 1 saturated carbocycles. The molecule has 23 heavy (non-hydrogen) atoms. The molecule has 1 aliphatic heterocycles. The van der Waals surface area contributed by atoms with E-state index in [-0.39, 0.29) is 0 Å². The maximum absolute atomic E-state index is 12.9. The van der Waals surface area contributed by atoms with E-state index in [2.05, 4.69) is 13.8 Å². The van der Waals surface area contributed by atoms with E-state index in [1.165, 1.54) is 37.7 Å². The van der Waals surface area contributed by atoms with Crippen LogP contribution in [-0.4, -0.2) is 25.8 Å². The molecule has 0 radical (unpaired) electrons. The molecule has 0 bridgehead atoms. The molecule has 128 valence electrons. The molecule has 2 fully saturated rings. The highest BCUT2D eigenvalue weighted by atomic mass is 32.2. The highest BCUT2D eigenvalue weighted by molar-refractivity contribution is 7.89. The Morgan fingerprint density at radius 1 is 0.913 bits per heavy atom. The van der Waals surface area contributed by atoms with Gasteiger partial charge in [0.1, 0.15) is 0 Å². The van der Waals surface area contributed by atoms with E-state index in [1.807, 2.05) is 24.3 Å². The van der Waals surface area contributed by atoms with Crippen LogP contribution in [0.1, 0.15) is 63.9 Å². The Balaban J connectivity index is 1.77. The van der Waals surface area contributed by atoms with Gasteiger partial charge in [-0.3, -0.25) is 0 Å². The first-order valence-corrected chi connectivity index (χ1v) is 10.5. The van der Waals surface area contributed by atoms with Crippen molar-refractivity contribution in [3.8, 4) is 0 Å². The Kier molecular flexibility index (Phi) is 5.12. The first-order chi connectivity index (χ1) is 11.0. The SMILES string of the molecule is C[C@@H]1C[C@H](C)CN(S(=O)(=O)c2ccc(C3CCCCC3)cc2)C1. The molecule has 0 unspecified atom stereocenters. The minimum Gasteiger partial charge on any atom is -0.207 e. The summed E-state index contributed by atoms with van der Waals surface area (Å²) in [6.07, 6.45) is 7.55. The molecular weight excluding hydrogens is 306 g/mol. The van der Waals surface area contributed by atoms with Crippen molar-refractivity contribution in [1.29, 1.82) is 0 Å². The molecule has 3 rings (SSSR count). The molecular formula is C19H29NO2S. The second-order valence-electron chi connectivity index (χ2n) is 7.67. The fraction of sp³-hybridized carbons (Fsp3) is 0.684. The van der Waals surface area contributed by atoms with Gasteiger partial charge in [-0.1, -0.05) is 45.2 Å². The largest absolute Gasteiger partial charge is 0.243 e.